The van der Waals surface area contributed by atoms with Gasteiger partial charge >= 0.3 is 0 Å². The van der Waals surface area contributed by atoms with Crippen LogP contribution in [0, 0.1) is 0 Å². The summed E-state index contributed by atoms with van der Waals surface area (Å²) in [5.74, 6) is -0.145. The Labute approximate surface area is 116 Å². The molecule has 2 aromatic rings. The standard InChI is InChI=1S/C13H13ClN4O/c1-18(13(19)9-4-5-16-17-7-9)8-10-6-11(15)2-3-12(10)14/h2-7H,8,15H2,1H3. The van der Waals surface area contributed by atoms with E-state index in [0.717, 1.165) is 5.56 Å². The van der Waals surface area contributed by atoms with E-state index in [1.807, 2.05) is 0 Å². The van der Waals surface area contributed by atoms with Gasteiger partial charge in [0.2, 0.25) is 0 Å². The zero-order valence-corrected chi connectivity index (χ0v) is 11.1. The van der Waals surface area contributed by atoms with Gasteiger partial charge in [-0.25, -0.2) is 0 Å². The molecule has 0 spiro atoms. The second-order valence-electron chi connectivity index (χ2n) is 4.14. The smallest absolute Gasteiger partial charge is 0.255 e. The summed E-state index contributed by atoms with van der Waals surface area (Å²) in [7, 11) is 1.70. The quantitative estimate of drug-likeness (QED) is 0.870. The predicted molar refractivity (Wildman–Crippen MR) is 73.7 cm³/mol. The molecule has 0 saturated carbocycles. The number of halogens is 1. The summed E-state index contributed by atoms with van der Waals surface area (Å²) < 4.78 is 0. The highest BCUT2D eigenvalue weighted by atomic mass is 35.5. The van der Waals surface area contributed by atoms with Gasteiger partial charge in [-0.2, -0.15) is 10.2 Å². The molecule has 0 atom stereocenters. The van der Waals surface area contributed by atoms with Gasteiger partial charge < -0.3 is 10.6 Å². The number of carbonyl (C=O) groups is 1. The van der Waals surface area contributed by atoms with Gasteiger partial charge in [0.15, 0.2) is 0 Å². The molecule has 0 radical (unpaired) electrons. The fourth-order valence-corrected chi connectivity index (χ4v) is 1.86. The molecule has 0 bridgehead atoms. The third kappa shape index (κ3) is 3.20. The van der Waals surface area contributed by atoms with Crippen molar-refractivity contribution in [1.29, 1.82) is 0 Å². The van der Waals surface area contributed by atoms with Gasteiger partial charge in [-0.05, 0) is 29.8 Å². The van der Waals surface area contributed by atoms with Crippen LogP contribution in [0.15, 0.2) is 36.7 Å². The van der Waals surface area contributed by atoms with E-state index in [2.05, 4.69) is 10.2 Å². The number of nitrogen functional groups attached to an aromatic ring is 1. The molecule has 2 N–H and O–H groups in total. The van der Waals surface area contributed by atoms with Crippen molar-refractivity contribution < 1.29 is 4.79 Å². The van der Waals surface area contributed by atoms with Gasteiger partial charge in [0, 0.05) is 24.3 Å². The van der Waals surface area contributed by atoms with Crippen LogP contribution in [0.5, 0.6) is 0 Å². The highest BCUT2D eigenvalue weighted by Crippen LogP contribution is 2.20. The summed E-state index contributed by atoms with van der Waals surface area (Å²) in [6.07, 6.45) is 2.91. The summed E-state index contributed by atoms with van der Waals surface area (Å²) >= 11 is 6.08. The summed E-state index contributed by atoms with van der Waals surface area (Å²) in [5.41, 5.74) is 7.62. The van der Waals surface area contributed by atoms with Crippen molar-refractivity contribution in [3.05, 3.63) is 52.8 Å². The first-order valence-electron chi connectivity index (χ1n) is 5.64. The number of nitrogens with two attached hydrogens (primary N) is 1. The van der Waals surface area contributed by atoms with Crippen molar-refractivity contribution in [3.8, 4) is 0 Å². The Balaban J connectivity index is 2.15. The number of hydrogen-bond donors (Lipinski definition) is 1. The minimum atomic E-state index is -0.145. The number of hydrogen-bond acceptors (Lipinski definition) is 4. The minimum Gasteiger partial charge on any atom is -0.399 e. The van der Waals surface area contributed by atoms with Crippen LogP contribution >= 0.6 is 11.6 Å². The lowest BCUT2D eigenvalue weighted by molar-refractivity contribution is 0.0784. The lowest BCUT2D eigenvalue weighted by atomic mass is 10.2. The molecule has 0 aliphatic rings. The van der Waals surface area contributed by atoms with Crippen LogP contribution < -0.4 is 5.73 Å². The molecular weight excluding hydrogens is 264 g/mol. The number of amides is 1. The third-order valence-corrected chi connectivity index (χ3v) is 3.02. The van der Waals surface area contributed by atoms with Crippen LogP contribution in [0.2, 0.25) is 5.02 Å². The fraction of sp³-hybridized carbons (Fsp3) is 0.154. The molecule has 6 heteroatoms. The Hall–Kier alpha value is -2.14. The van der Waals surface area contributed by atoms with Crippen LogP contribution in [0.4, 0.5) is 5.69 Å². The van der Waals surface area contributed by atoms with Crippen LogP contribution in [-0.4, -0.2) is 28.1 Å². The van der Waals surface area contributed by atoms with E-state index in [4.69, 9.17) is 17.3 Å². The Morgan fingerprint density at radius 1 is 1.37 bits per heavy atom. The van der Waals surface area contributed by atoms with E-state index in [0.29, 0.717) is 22.8 Å². The largest absolute Gasteiger partial charge is 0.399 e. The van der Waals surface area contributed by atoms with Gasteiger partial charge in [-0.15, -0.1) is 0 Å². The van der Waals surface area contributed by atoms with E-state index in [1.165, 1.54) is 12.4 Å². The van der Waals surface area contributed by atoms with Gasteiger partial charge in [-0.1, -0.05) is 11.6 Å². The lowest BCUT2D eigenvalue weighted by Crippen LogP contribution is -2.26. The van der Waals surface area contributed by atoms with Gasteiger partial charge in [0.1, 0.15) is 0 Å². The van der Waals surface area contributed by atoms with Crippen molar-refractivity contribution in [2.45, 2.75) is 6.54 Å². The van der Waals surface area contributed by atoms with Crippen molar-refractivity contribution in [2.24, 2.45) is 0 Å². The van der Waals surface area contributed by atoms with Gasteiger partial charge in [-0.3, -0.25) is 4.79 Å². The maximum Gasteiger partial charge on any atom is 0.255 e. The summed E-state index contributed by atoms with van der Waals surface area (Å²) in [6.45, 7) is 0.380. The second kappa shape index (κ2) is 5.67. The molecule has 0 saturated heterocycles. The maximum atomic E-state index is 12.1. The normalized spacial score (nSPS) is 10.2. The van der Waals surface area contributed by atoms with Crippen molar-refractivity contribution >= 4 is 23.2 Å². The first kappa shape index (κ1) is 13.3. The number of benzene rings is 1. The molecule has 19 heavy (non-hydrogen) atoms. The average Bonchev–Trinajstić information content (AvgIpc) is 2.43. The fourth-order valence-electron chi connectivity index (χ4n) is 1.68. The molecule has 1 aromatic carbocycles. The molecule has 5 nitrogen and oxygen atoms in total. The second-order valence-corrected chi connectivity index (χ2v) is 4.55. The van der Waals surface area contributed by atoms with Crippen LogP contribution in [0.3, 0.4) is 0 Å². The molecule has 0 aliphatic heterocycles. The lowest BCUT2D eigenvalue weighted by Gasteiger charge is -2.18. The molecule has 0 fully saturated rings. The third-order valence-electron chi connectivity index (χ3n) is 2.66. The summed E-state index contributed by atoms with van der Waals surface area (Å²) in [6, 6.07) is 6.82. The Morgan fingerprint density at radius 2 is 2.16 bits per heavy atom. The van der Waals surface area contributed by atoms with Crippen LogP contribution in [0.1, 0.15) is 15.9 Å². The topological polar surface area (TPSA) is 72.1 Å². The van der Waals surface area contributed by atoms with Crippen molar-refractivity contribution in [3.63, 3.8) is 0 Å². The number of rotatable bonds is 3. The van der Waals surface area contributed by atoms with E-state index in [9.17, 15) is 4.79 Å². The Kier molecular flexibility index (Phi) is 3.97. The molecule has 1 heterocycles. The van der Waals surface area contributed by atoms with Crippen LogP contribution in [0.25, 0.3) is 0 Å². The number of nitrogens with zero attached hydrogens (tertiary/aromatic N) is 3. The van der Waals surface area contributed by atoms with Crippen molar-refractivity contribution in [1.82, 2.24) is 15.1 Å². The Morgan fingerprint density at radius 3 is 2.84 bits per heavy atom. The molecule has 98 valence electrons. The molecule has 1 amide bonds. The molecular formula is C13H13ClN4O. The van der Waals surface area contributed by atoms with E-state index < -0.39 is 0 Å². The maximum absolute atomic E-state index is 12.1. The number of carbonyl (C=O) groups excluding carboxylic acids is 1. The minimum absolute atomic E-state index is 0.145. The first-order chi connectivity index (χ1) is 9.08. The highest BCUT2D eigenvalue weighted by Gasteiger charge is 2.13. The summed E-state index contributed by atoms with van der Waals surface area (Å²) in [5, 5.41) is 7.91. The SMILES string of the molecule is CN(Cc1cc(N)ccc1Cl)C(=O)c1ccnnc1. The number of anilines is 1. The van der Waals surface area contributed by atoms with Gasteiger partial charge in [0.25, 0.3) is 5.91 Å². The first-order valence-corrected chi connectivity index (χ1v) is 6.02. The predicted octanol–water partition coefficient (Wildman–Crippen LogP) is 1.98. The average molecular weight is 277 g/mol. The monoisotopic (exact) mass is 276 g/mol. The van der Waals surface area contributed by atoms with E-state index in [-0.39, 0.29) is 5.91 Å². The molecule has 0 aliphatic carbocycles. The molecule has 1 aromatic heterocycles. The molecule has 2 rings (SSSR count). The van der Waals surface area contributed by atoms with Gasteiger partial charge in [0.05, 0.1) is 18.0 Å². The van der Waals surface area contributed by atoms with Crippen molar-refractivity contribution in [2.75, 3.05) is 12.8 Å². The zero-order valence-electron chi connectivity index (χ0n) is 10.4. The van der Waals surface area contributed by atoms with E-state index >= 15 is 0 Å². The molecule has 0 unspecified atom stereocenters. The summed E-state index contributed by atoms with van der Waals surface area (Å²) in [4.78, 5) is 13.7. The highest BCUT2D eigenvalue weighted by molar-refractivity contribution is 6.31. The number of aromatic nitrogens is 2. The zero-order chi connectivity index (χ0) is 13.8. The van der Waals surface area contributed by atoms with Crippen LogP contribution in [-0.2, 0) is 6.54 Å². The van der Waals surface area contributed by atoms with E-state index in [1.54, 1.807) is 36.2 Å². The Bertz CT molecular complexity index is 588.